The summed E-state index contributed by atoms with van der Waals surface area (Å²) < 4.78 is 10.4. The van der Waals surface area contributed by atoms with Crippen molar-refractivity contribution in [2.24, 2.45) is 0 Å². The molecule has 0 spiro atoms. The molecule has 7 nitrogen and oxygen atoms in total. The van der Waals surface area contributed by atoms with E-state index in [1.807, 2.05) is 0 Å². The van der Waals surface area contributed by atoms with Crippen molar-refractivity contribution in [1.82, 2.24) is 15.8 Å². The highest BCUT2D eigenvalue weighted by atomic mass is 79.9. The first-order valence-corrected chi connectivity index (χ1v) is 6.60. The predicted molar refractivity (Wildman–Crippen MR) is 72.3 cm³/mol. The lowest BCUT2D eigenvalue weighted by Gasteiger charge is -2.04. The Kier molecular flexibility index (Phi) is 4.57. The molecule has 0 radical (unpaired) electrons. The average Bonchev–Trinajstić information content (AvgIpc) is 3.03. The van der Waals surface area contributed by atoms with Crippen molar-refractivity contribution >= 4 is 27.7 Å². The molecule has 0 atom stereocenters. The first-order chi connectivity index (χ1) is 9.56. The van der Waals surface area contributed by atoms with Crippen LogP contribution in [0.3, 0.4) is 0 Å². The van der Waals surface area contributed by atoms with Crippen LogP contribution in [0.15, 0.2) is 31.8 Å². The largest absolute Gasteiger partial charge is 0.444 e. The van der Waals surface area contributed by atoms with Crippen LogP contribution in [0.1, 0.15) is 26.8 Å². The standard InChI is InChI=1S/C12H12BrN3O4/c1-7-6-8(16-20-7)11(17)14-4-5-15-12(18)9-2-3-10(13)19-9/h2-3,6H,4-5H2,1H3,(H,14,17)(H,15,18). The summed E-state index contributed by atoms with van der Waals surface area (Å²) in [7, 11) is 0. The molecule has 0 unspecified atom stereocenters. The fourth-order valence-corrected chi connectivity index (χ4v) is 1.75. The van der Waals surface area contributed by atoms with E-state index in [2.05, 4.69) is 31.7 Å². The van der Waals surface area contributed by atoms with E-state index in [-0.39, 0.29) is 36.4 Å². The highest BCUT2D eigenvalue weighted by molar-refractivity contribution is 9.10. The first-order valence-electron chi connectivity index (χ1n) is 5.81. The number of furan rings is 1. The lowest BCUT2D eigenvalue weighted by molar-refractivity contribution is 0.0907. The molecule has 2 aromatic heterocycles. The Balaban J connectivity index is 1.71. The molecule has 0 saturated heterocycles. The van der Waals surface area contributed by atoms with E-state index in [9.17, 15) is 9.59 Å². The number of nitrogens with one attached hydrogen (secondary N) is 2. The van der Waals surface area contributed by atoms with Gasteiger partial charge in [-0.3, -0.25) is 9.59 Å². The molecule has 0 aliphatic heterocycles. The Morgan fingerprint density at radius 1 is 1.25 bits per heavy atom. The summed E-state index contributed by atoms with van der Waals surface area (Å²) in [6.07, 6.45) is 0. The van der Waals surface area contributed by atoms with Crippen LogP contribution in [0.5, 0.6) is 0 Å². The minimum absolute atomic E-state index is 0.204. The molecule has 8 heteroatoms. The zero-order valence-electron chi connectivity index (χ0n) is 10.6. The molecule has 106 valence electrons. The fourth-order valence-electron chi connectivity index (χ4n) is 1.44. The molecule has 2 rings (SSSR count). The van der Waals surface area contributed by atoms with Crippen molar-refractivity contribution in [1.29, 1.82) is 0 Å². The molecule has 0 aliphatic carbocycles. The Hall–Kier alpha value is -2.09. The van der Waals surface area contributed by atoms with Gasteiger partial charge in [-0.2, -0.15) is 0 Å². The second kappa shape index (κ2) is 6.38. The van der Waals surface area contributed by atoms with Gasteiger partial charge in [-0.05, 0) is 35.0 Å². The van der Waals surface area contributed by atoms with E-state index in [1.165, 1.54) is 6.07 Å². The summed E-state index contributed by atoms with van der Waals surface area (Å²) in [5.41, 5.74) is 0.212. The van der Waals surface area contributed by atoms with Crippen molar-refractivity contribution in [2.75, 3.05) is 13.1 Å². The van der Waals surface area contributed by atoms with Gasteiger partial charge in [-0.1, -0.05) is 5.16 Å². The fraction of sp³-hybridized carbons (Fsp3) is 0.250. The number of amides is 2. The van der Waals surface area contributed by atoms with E-state index < -0.39 is 0 Å². The van der Waals surface area contributed by atoms with E-state index in [0.717, 1.165) is 0 Å². The smallest absolute Gasteiger partial charge is 0.287 e. The van der Waals surface area contributed by atoms with Crippen LogP contribution < -0.4 is 10.6 Å². The summed E-state index contributed by atoms with van der Waals surface area (Å²) >= 11 is 3.11. The van der Waals surface area contributed by atoms with Gasteiger partial charge < -0.3 is 19.6 Å². The highest BCUT2D eigenvalue weighted by Gasteiger charge is 2.11. The third-order valence-corrected chi connectivity index (χ3v) is 2.78. The van der Waals surface area contributed by atoms with Crippen molar-refractivity contribution in [2.45, 2.75) is 6.92 Å². The maximum Gasteiger partial charge on any atom is 0.287 e. The SMILES string of the molecule is Cc1cc(C(=O)NCCNC(=O)c2ccc(Br)o2)no1. The van der Waals surface area contributed by atoms with Crippen LogP contribution in [-0.4, -0.2) is 30.1 Å². The monoisotopic (exact) mass is 341 g/mol. The second-order valence-electron chi connectivity index (χ2n) is 3.94. The molecule has 2 N–H and O–H groups in total. The molecule has 2 aromatic rings. The molecule has 0 aromatic carbocycles. The Labute approximate surface area is 122 Å². The van der Waals surface area contributed by atoms with Gasteiger partial charge in [0.1, 0.15) is 5.76 Å². The molecule has 2 heterocycles. The van der Waals surface area contributed by atoms with Gasteiger partial charge in [0.15, 0.2) is 16.1 Å². The lowest BCUT2D eigenvalue weighted by atomic mass is 10.3. The van der Waals surface area contributed by atoms with Crippen LogP contribution in [0.25, 0.3) is 0 Å². The third kappa shape index (κ3) is 3.70. The van der Waals surface area contributed by atoms with E-state index in [4.69, 9.17) is 8.94 Å². The zero-order valence-corrected chi connectivity index (χ0v) is 12.2. The molecule has 2 amide bonds. The van der Waals surface area contributed by atoms with E-state index in [1.54, 1.807) is 19.1 Å². The van der Waals surface area contributed by atoms with Crippen molar-refractivity contribution < 1.29 is 18.5 Å². The summed E-state index contributed by atoms with van der Waals surface area (Å²) in [6, 6.07) is 4.72. The average molecular weight is 342 g/mol. The van der Waals surface area contributed by atoms with Crippen LogP contribution in [0, 0.1) is 6.92 Å². The van der Waals surface area contributed by atoms with Gasteiger partial charge >= 0.3 is 0 Å². The third-order valence-electron chi connectivity index (χ3n) is 2.35. The van der Waals surface area contributed by atoms with Crippen LogP contribution >= 0.6 is 15.9 Å². The summed E-state index contributed by atoms with van der Waals surface area (Å²) in [5.74, 6) is 0.0706. The lowest BCUT2D eigenvalue weighted by Crippen LogP contribution is -2.34. The number of carbonyl (C=O) groups is 2. The maximum atomic E-state index is 11.6. The van der Waals surface area contributed by atoms with Gasteiger partial charge in [0.05, 0.1) is 0 Å². The Morgan fingerprint density at radius 3 is 2.50 bits per heavy atom. The van der Waals surface area contributed by atoms with Gasteiger partial charge in [0.25, 0.3) is 11.8 Å². The topological polar surface area (TPSA) is 97.4 Å². The molecule has 0 saturated carbocycles. The molecular weight excluding hydrogens is 330 g/mol. The number of aromatic nitrogens is 1. The van der Waals surface area contributed by atoms with Gasteiger partial charge in [-0.15, -0.1) is 0 Å². The minimum Gasteiger partial charge on any atom is -0.444 e. The van der Waals surface area contributed by atoms with Crippen LogP contribution in [0.2, 0.25) is 0 Å². The number of aryl methyl sites for hydroxylation is 1. The van der Waals surface area contributed by atoms with Gasteiger partial charge in [0.2, 0.25) is 0 Å². The van der Waals surface area contributed by atoms with Crippen molar-refractivity contribution in [3.8, 4) is 0 Å². The molecular formula is C12H12BrN3O4. The molecule has 0 bridgehead atoms. The quantitative estimate of drug-likeness (QED) is 0.803. The summed E-state index contributed by atoms with van der Waals surface area (Å²) in [6.45, 7) is 2.25. The summed E-state index contributed by atoms with van der Waals surface area (Å²) in [4.78, 5) is 23.2. The Bertz CT molecular complexity index is 566. The molecule has 0 fully saturated rings. The van der Waals surface area contributed by atoms with E-state index >= 15 is 0 Å². The van der Waals surface area contributed by atoms with Crippen LogP contribution in [0.4, 0.5) is 0 Å². The molecule has 0 aliphatic rings. The second-order valence-corrected chi connectivity index (χ2v) is 4.72. The highest BCUT2D eigenvalue weighted by Crippen LogP contribution is 2.13. The number of halogens is 1. The number of hydrogen-bond donors (Lipinski definition) is 2. The number of rotatable bonds is 5. The van der Waals surface area contributed by atoms with Gasteiger partial charge in [0, 0.05) is 19.2 Å². The zero-order chi connectivity index (χ0) is 14.5. The minimum atomic E-state index is -0.350. The predicted octanol–water partition coefficient (Wildman–Crippen LogP) is 1.50. The van der Waals surface area contributed by atoms with Gasteiger partial charge in [-0.25, -0.2) is 0 Å². The molecule has 20 heavy (non-hydrogen) atoms. The number of nitrogens with zero attached hydrogens (tertiary/aromatic N) is 1. The number of carbonyl (C=O) groups excluding carboxylic acids is 2. The maximum absolute atomic E-state index is 11.6. The number of hydrogen-bond acceptors (Lipinski definition) is 5. The summed E-state index contributed by atoms with van der Waals surface area (Å²) in [5, 5.41) is 8.81. The van der Waals surface area contributed by atoms with Crippen molar-refractivity contribution in [3.05, 3.63) is 40.1 Å². The Morgan fingerprint density at radius 2 is 1.95 bits per heavy atom. The van der Waals surface area contributed by atoms with Crippen molar-refractivity contribution in [3.63, 3.8) is 0 Å². The van der Waals surface area contributed by atoms with E-state index in [0.29, 0.717) is 10.4 Å². The van der Waals surface area contributed by atoms with Crippen LogP contribution in [-0.2, 0) is 0 Å². The first kappa shape index (κ1) is 14.3. The normalized spacial score (nSPS) is 10.3.